The third-order valence-electron chi connectivity index (χ3n) is 4.94. The van der Waals surface area contributed by atoms with E-state index in [9.17, 15) is 29.8 Å². The zero-order chi connectivity index (χ0) is 27.8. The number of hydrogen-bond acceptors (Lipinski definition) is 9. The van der Waals surface area contributed by atoms with E-state index in [1.165, 1.54) is 24.4 Å². The number of non-ortho nitro benzene ring substituents is 1. The second kappa shape index (κ2) is 12.3. The van der Waals surface area contributed by atoms with Gasteiger partial charge in [0.25, 0.3) is 5.69 Å². The first-order valence-corrected chi connectivity index (χ1v) is 11.3. The lowest BCUT2D eigenvalue weighted by Gasteiger charge is -2.12. The fraction of sp³-hybridized carbons (Fsp3) is 0.125. The molecule has 0 unspecified atom stereocenters. The van der Waals surface area contributed by atoms with Gasteiger partial charge in [-0.15, -0.1) is 0 Å². The molecule has 3 rings (SSSR count). The van der Waals surface area contributed by atoms with Gasteiger partial charge in [-0.1, -0.05) is 17.7 Å². The van der Waals surface area contributed by atoms with Crippen LogP contribution in [-0.2, 0) is 9.59 Å². The van der Waals surface area contributed by atoms with E-state index in [0.29, 0.717) is 21.8 Å². The number of carbonyl (C=O) groups is 2. The van der Waals surface area contributed by atoms with Crippen LogP contribution in [-0.4, -0.2) is 34.5 Å². The fourth-order valence-electron chi connectivity index (χ4n) is 3.06. The number of halogens is 1. The van der Waals surface area contributed by atoms with Gasteiger partial charge in [0.2, 0.25) is 5.75 Å². The Morgan fingerprint density at radius 1 is 1.00 bits per heavy atom. The van der Waals surface area contributed by atoms with Crippen LogP contribution in [0.5, 0.6) is 17.2 Å². The predicted octanol–water partition coefficient (Wildman–Crippen LogP) is 4.74. The first-order chi connectivity index (χ1) is 18.1. The Hall–Kier alpha value is -5.04. The van der Waals surface area contributed by atoms with Crippen molar-refractivity contribution in [1.29, 1.82) is 0 Å². The molecule has 3 aromatic carbocycles. The molecule has 0 radical (unpaired) electrons. The molecule has 0 atom stereocenters. The summed E-state index contributed by atoms with van der Waals surface area (Å²) in [4.78, 5) is 45.0. The van der Waals surface area contributed by atoms with Gasteiger partial charge in [0.1, 0.15) is 0 Å². The lowest BCUT2D eigenvalue weighted by Crippen LogP contribution is -2.32. The third kappa shape index (κ3) is 6.79. The van der Waals surface area contributed by atoms with Crippen LogP contribution in [0.2, 0.25) is 5.02 Å². The Kier molecular flexibility index (Phi) is 8.90. The third-order valence-corrected chi connectivity index (χ3v) is 5.35. The van der Waals surface area contributed by atoms with Gasteiger partial charge in [-0.2, -0.15) is 5.10 Å². The van der Waals surface area contributed by atoms with Crippen molar-refractivity contribution in [2.75, 3.05) is 11.9 Å². The Morgan fingerprint density at radius 2 is 1.74 bits per heavy atom. The number of nitro benzene ring substituents is 2. The van der Waals surface area contributed by atoms with Crippen molar-refractivity contribution >= 4 is 46.7 Å². The maximum absolute atomic E-state index is 12.1. The fourth-order valence-corrected chi connectivity index (χ4v) is 3.24. The van der Waals surface area contributed by atoms with Crippen molar-refractivity contribution in [1.82, 2.24) is 5.43 Å². The lowest BCUT2D eigenvalue weighted by molar-refractivity contribution is -0.394. The quantitative estimate of drug-likeness (QED) is 0.169. The van der Waals surface area contributed by atoms with Crippen LogP contribution in [0.3, 0.4) is 0 Å². The van der Waals surface area contributed by atoms with Crippen LogP contribution in [0.15, 0.2) is 59.7 Å². The lowest BCUT2D eigenvalue weighted by atomic mass is 10.2. The molecule has 0 aliphatic heterocycles. The highest BCUT2D eigenvalue weighted by atomic mass is 35.5. The maximum atomic E-state index is 12.1. The number of nitro groups is 2. The van der Waals surface area contributed by atoms with E-state index in [4.69, 9.17) is 21.1 Å². The SMILES string of the molecule is CCOc1cc(C=NNC(=O)C(=O)Nc2cccc(Cl)c2C)ccc1Oc1ccc([N+](=O)[O-])cc1[N+](=O)[O-]. The molecule has 0 heterocycles. The molecule has 2 N–H and O–H groups in total. The molecular weight excluding hydrogens is 522 g/mol. The standard InChI is InChI=1S/C24H20ClN5O8/c1-3-37-22-11-15(13-26-28-24(32)23(31)27-18-6-4-5-17(25)14(18)2)7-9-21(22)38-20-10-8-16(29(33)34)12-19(20)30(35)36/h4-13H,3H2,1-2H3,(H,27,31)(H,28,32). The summed E-state index contributed by atoms with van der Waals surface area (Å²) in [5.74, 6) is -1.91. The number of amides is 2. The van der Waals surface area contributed by atoms with Crippen LogP contribution >= 0.6 is 11.6 Å². The van der Waals surface area contributed by atoms with Crippen molar-refractivity contribution in [3.05, 3.63) is 91.0 Å². The molecule has 13 nitrogen and oxygen atoms in total. The minimum Gasteiger partial charge on any atom is -0.490 e. The molecule has 0 bridgehead atoms. The van der Waals surface area contributed by atoms with E-state index in [-0.39, 0.29) is 23.9 Å². The minimum atomic E-state index is -1.02. The van der Waals surface area contributed by atoms with E-state index in [1.807, 2.05) is 0 Å². The van der Waals surface area contributed by atoms with E-state index in [1.54, 1.807) is 32.0 Å². The number of rotatable bonds is 9. The predicted molar refractivity (Wildman–Crippen MR) is 138 cm³/mol. The number of nitrogens with one attached hydrogen (secondary N) is 2. The summed E-state index contributed by atoms with van der Waals surface area (Å²) in [6.07, 6.45) is 1.25. The van der Waals surface area contributed by atoms with Gasteiger partial charge in [-0.3, -0.25) is 29.8 Å². The van der Waals surface area contributed by atoms with Gasteiger partial charge in [0.05, 0.1) is 28.7 Å². The van der Waals surface area contributed by atoms with Crippen LogP contribution in [0.1, 0.15) is 18.1 Å². The van der Waals surface area contributed by atoms with Crippen molar-refractivity contribution in [2.24, 2.45) is 5.10 Å². The van der Waals surface area contributed by atoms with Crippen LogP contribution in [0, 0.1) is 27.2 Å². The second-order valence-corrected chi connectivity index (χ2v) is 7.88. The summed E-state index contributed by atoms with van der Waals surface area (Å²) in [7, 11) is 0. The molecular formula is C24H20ClN5O8. The summed E-state index contributed by atoms with van der Waals surface area (Å²) in [6.45, 7) is 3.62. The van der Waals surface area contributed by atoms with Crippen molar-refractivity contribution < 1.29 is 28.9 Å². The molecule has 0 fully saturated rings. The number of nitrogens with zero attached hydrogens (tertiary/aromatic N) is 3. The number of hydrogen-bond donors (Lipinski definition) is 2. The molecule has 196 valence electrons. The summed E-state index contributed by atoms with van der Waals surface area (Å²) >= 11 is 6.01. The smallest absolute Gasteiger partial charge is 0.329 e. The highest BCUT2D eigenvalue weighted by molar-refractivity contribution is 6.40. The monoisotopic (exact) mass is 541 g/mol. The largest absolute Gasteiger partial charge is 0.490 e. The maximum Gasteiger partial charge on any atom is 0.329 e. The molecule has 0 saturated heterocycles. The first-order valence-electron chi connectivity index (χ1n) is 10.9. The number of benzene rings is 3. The second-order valence-electron chi connectivity index (χ2n) is 7.47. The summed E-state index contributed by atoms with van der Waals surface area (Å²) in [5.41, 5.74) is 2.47. The van der Waals surface area contributed by atoms with Gasteiger partial charge < -0.3 is 14.8 Å². The molecule has 3 aromatic rings. The minimum absolute atomic E-state index is 0.0984. The highest BCUT2D eigenvalue weighted by Crippen LogP contribution is 2.38. The van der Waals surface area contributed by atoms with Crippen LogP contribution < -0.4 is 20.2 Å². The number of hydrazone groups is 1. The van der Waals surface area contributed by atoms with E-state index < -0.39 is 33.0 Å². The first kappa shape index (κ1) is 27.5. The number of ether oxygens (including phenoxy) is 2. The van der Waals surface area contributed by atoms with E-state index in [0.717, 1.165) is 18.2 Å². The van der Waals surface area contributed by atoms with Crippen molar-refractivity contribution in [3.8, 4) is 17.2 Å². The highest BCUT2D eigenvalue weighted by Gasteiger charge is 2.22. The van der Waals surface area contributed by atoms with E-state index >= 15 is 0 Å². The van der Waals surface area contributed by atoms with Crippen molar-refractivity contribution in [3.63, 3.8) is 0 Å². The van der Waals surface area contributed by atoms with Gasteiger partial charge in [-0.05, 0) is 61.4 Å². The molecule has 0 aliphatic carbocycles. The Balaban J connectivity index is 1.73. The average Bonchev–Trinajstić information content (AvgIpc) is 2.88. The molecule has 0 aromatic heterocycles. The van der Waals surface area contributed by atoms with Gasteiger partial charge >= 0.3 is 17.5 Å². The van der Waals surface area contributed by atoms with E-state index in [2.05, 4.69) is 15.8 Å². The molecule has 14 heteroatoms. The molecule has 2 amide bonds. The Labute approximate surface area is 220 Å². The summed E-state index contributed by atoms with van der Waals surface area (Å²) in [6, 6.07) is 12.3. The molecule has 0 spiro atoms. The van der Waals surface area contributed by atoms with Gasteiger partial charge in [0, 0.05) is 16.8 Å². The van der Waals surface area contributed by atoms with Gasteiger partial charge in [0.15, 0.2) is 11.5 Å². The molecule has 0 saturated carbocycles. The zero-order valence-electron chi connectivity index (χ0n) is 20.0. The summed E-state index contributed by atoms with van der Waals surface area (Å²) in [5, 5.41) is 29.0. The number of carbonyl (C=O) groups excluding carboxylic acids is 2. The Morgan fingerprint density at radius 3 is 2.42 bits per heavy atom. The van der Waals surface area contributed by atoms with Crippen LogP contribution in [0.4, 0.5) is 17.1 Å². The number of anilines is 1. The molecule has 0 aliphatic rings. The normalized spacial score (nSPS) is 10.6. The van der Waals surface area contributed by atoms with Gasteiger partial charge in [-0.25, -0.2) is 5.43 Å². The van der Waals surface area contributed by atoms with Crippen molar-refractivity contribution in [2.45, 2.75) is 13.8 Å². The Bertz CT molecular complexity index is 1440. The topological polar surface area (TPSA) is 175 Å². The summed E-state index contributed by atoms with van der Waals surface area (Å²) < 4.78 is 11.2. The molecule has 38 heavy (non-hydrogen) atoms. The van der Waals surface area contributed by atoms with Crippen LogP contribution in [0.25, 0.3) is 0 Å². The average molecular weight is 542 g/mol. The zero-order valence-corrected chi connectivity index (χ0v) is 20.7.